The summed E-state index contributed by atoms with van der Waals surface area (Å²) in [6.45, 7) is 1.94. The standard InChI is InChI=1S/C20H16ClN5O4S/c1-12-2-7-17-15(10-12)16(25-30-17)11-20(27)22-13-3-5-14(6-4-13)31(28,29)26-19-9-8-18(21)23-24-19/h2-10H,11H2,1H3,(H,22,27)(H,24,26). The molecule has 0 saturated heterocycles. The highest BCUT2D eigenvalue weighted by molar-refractivity contribution is 7.92. The second-order valence-electron chi connectivity index (χ2n) is 6.73. The number of nitrogens with one attached hydrogen (secondary N) is 2. The summed E-state index contributed by atoms with van der Waals surface area (Å²) in [5.74, 6) is -0.265. The van der Waals surface area contributed by atoms with E-state index in [2.05, 4.69) is 25.4 Å². The van der Waals surface area contributed by atoms with E-state index >= 15 is 0 Å². The SMILES string of the molecule is Cc1ccc2onc(CC(=O)Nc3ccc(S(=O)(=O)Nc4ccc(Cl)nn4)cc3)c2c1. The van der Waals surface area contributed by atoms with E-state index in [1.165, 1.54) is 36.4 Å². The first-order chi connectivity index (χ1) is 14.8. The molecule has 0 atom stereocenters. The van der Waals surface area contributed by atoms with E-state index < -0.39 is 10.0 Å². The minimum atomic E-state index is -3.87. The maximum absolute atomic E-state index is 12.5. The minimum Gasteiger partial charge on any atom is -0.356 e. The van der Waals surface area contributed by atoms with E-state index in [1.54, 1.807) is 0 Å². The molecule has 0 saturated carbocycles. The van der Waals surface area contributed by atoms with Gasteiger partial charge in [0.25, 0.3) is 10.0 Å². The number of aromatic nitrogens is 3. The van der Waals surface area contributed by atoms with Crippen LogP contribution in [0, 0.1) is 6.92 Å². The van der Waals surface area contributed by atoms with Crippen LogP contribution >= 0.6 is 11.6 Å². The number of halogens is 1. The first-order valence-electron chi connectivity index (χ1n) is 9.07. The molecular weight excluding hydrogens is 442 g/mol. The fourth-order valence-corrected chi connectivity index (χ4v) is 3.97. The van der Waals surface area contributed by atoms with Crippen molar-refractivity contribution in [3.8, 4) is 0 Å². The third-order valence-corrected chi connectivity index (χ3v) is 5.92. The van der Waals surface area contributed by atoms with E-state index in [9.17, 15) is 13.2 Å². The van der Waals surface area contributed by atoms with Crippen molar-refractivity contribution >= 4 is 50.0 Å². The molecule has 2 aromatic heterocycles. The number of anilines is 2. The Hall–Kier alpha value is -3.50. The lowest BCUT2D eigenvalue weighted by atomic mass is 10.1. The molecule has 11 heteroatoms. The number of aryl methyl sites for hydroxylation is 1. The van der Waals surface area contributed by atoms with Gasteiger partial charge in [-0.05, 0) is 55.5 Å². The molecule has 158 valence electrons. The Morgan fingerprint density at radius 1 is 1.06 bits per heavy atom. The van der Waals surface area contributed by atoms with Crippen molar-refractivity contribution in [1.29, 1.82) is 0 Å². The van der Waals surface area contributed by atoms with Gasteiger partial charge in [-0.15, -0.1) is 10.2 Å². The number of nitrogens with zero attached hydrogens (tertiary/aromatic N) is 3. The van der Waals surface area contributed by atoms with Crippen molar-refractivity contribution in [3.63, 3.8) is 0 Å². The summed E-state index contributed by atoms with van der Waals surface area (Å²) in [5.41, 5.74) is 2.62. The second kappa shape index (κ2) is 8.32. The number of rotatable bonds is 6. The average Bonchev–Trinajstić information content (AvgIpc) is 3.11. The summed E-state index contributed by atoms with van der Waals surface area (Å²) in [6.07, 6.45) is 0.0211. The van der Waals surface area contributed by atoms with Crippen molar-refractivity contribution in [1.82, 2.24) is 15.4 Å². The maximum Gasteiger partial charge on any atom is 0.263 e. The van der Waals surface area contributed by atoms with Crippen LogP contribution in [0.15, 0.2) is 64.0 Å². The topological polar surface area (TPSA) is 127 Å². The van der Waals surface area contributed by atoms with Crippen LogP contribution in [0.1, 0.15) is 11.3 Å². The lowest BCUT2D eigenvalue weighted by Gasteiger charge is -2.08. The van der Waals surface area contributed by atoms with E-state index in [0.717, 1.165) is 10.9 Å². The molecule has 0 fully saturated rings. The molecule has 9 nitrogen and oxygen atoms in total. The zero-order chi connectivity index (χ0) is 22.0. The van der Waals surface area contributed by atoms with Crippen LogP contribution in [0.3, 0.4) is 0 Å². The third kappa shape index (κ3) is 4.81. The van der Waals surface area contributed by atoms with E-state index in [0.29, 0.717) is 17.0 Å². The Labute approximate surface area is 182 Å². The number of fused-ring (bicyclic) bond motifs is 1. The van der Waals surface area contributed by atoms with Gasteiger partial charge in [-0.1, -0.05) is 28.4 Å². The van der Waals surface area contributed by atoms with Gasteiger partial charge in [0.2, 0.25) is 5.91 Å². The Balaban J connectivity index is 1.43. The quantitative estimate of drug-likeness (QED) is 0.453. The Morgan fingerprint density at radius 2 is 1.84 bits per heavy atom. The number of carbonyl (C=O) groups excluding carboxylic acids is 1. The summed E-state index contributed by atoms with van der Waals surface area (Å²) in [4.78, 5) is 12.4. The minimum absolute atomic E-state index is 0.000203. The van der Waals surface area contributed by atoms with Gasteiger partial charge in [-0.25, -0.2) is 8.42 Å². The third-order valence-electron chi connectivity index (χ3n) is 4.35. The van der Waals surface area contributed by atoms with Crippen LogP contribution in [0.5, 0.6) is 0 Å². The zero-order valence-electron chi connectivity index (χ0n) is 16.2. The molecule has 0 aliphatic carbocycles. The molecule has 0 radical (unpaired) electrons. The molecule has 0 aliphatic rings. The van der Waals surface area contributed by atoms with Crippen LogP contribution in [0.25, 0.3) is 11.0 Å². The van der Waals surface area contributed by atoms with Crippen molar-refractivity contribution in [2.45, 2.75) is 18.2 Å². The molecule has 0 unspecified atom stereocenters. The molecule has 2 N–H and O–H groups in total. The molecule has 0 spiro atoms. The van der Waals surface area contributed by atoms with Gasteiger partial charge < -0.3 is 9.84 Å². The van der Waals surface area contributed by atoms with Crippen molar-refractivity contribution in [2.24, 2.45) is 0 Å². The molecule has 31 heavy (non-hydrogen) atoms. The van der Waals surface area contributed by atoms with Crippen molar-refractivity contribution in [3.05, 3.63) is 71.0 Å². The fourth-order valence-electron chi connectivity index (χ4n) is 2.87. The molecule has 2 aromatic carbocycles. The highest BCUT2D eigenvalue weighted by Gasteiger charge is 2.16. The number of carbonyl (C=O) groups is 1. The summed E-state index contributed by atoms with van der Waals surface area (Å²) >= 11 is 5.64. The zero-order valence-corrected chi connectivity index (χ0v) is 17.7. The van der Waals surface area contributed by atoms with Gasteiger partial charge in [0.05, 0.1) is 11.3 Å². The van der Waals surface area contributed by atoms with E-state index in [-0.39, 0.29) is 28.2 Å². The highest BCUT2D eigenvalue weighted by atomic mass is 35.5. The summed E-state index contributed by atoms with van der Waals surface area (Å²) < 4.78 is 32.5. The van der Waals surface area contributed by atoms with Gasteiger partial charge >= 0.3 is 0 Å². The first kappa shape index (κ1) is 20.8. The van der Waals surface area contributed by atoms with Crippen molar-refractivity contribution < 1.29 is 17.7 Å². The summed E-state index contributed by atoms with van der Waals surface area (Å²) in [6, 6.07) is 14.2. The predicted molar refractivity (Wildman–Crippen MR) is 115 cm³/mol. The molecule has 4 aromatic rings. The average molecular weight is 458 g/mol. The smallest absolute Gasteiger partial charge is 0.263 e. The van der Waals surface area contributed by atoms with Crippen LogP contribution in [0.2, 0.25) is 5.15 Å². The van der Waals surface area contributed by atoms with Gasteiger partial charge in [0.1, 0.15) is 5.69 Å². The van der Waals surface area contributed by atoms with Gasteiger partial charge in [0.15, 0.2) is 16.6 Å². The molecule has 0 bridgehead atoms. The van der Waals surface area contributed by atoms with Crippen LogP contribution in [-0.2, 0) is 21.2 Å². The lowest BCUT2D eigenvalue weighted by Crippen LogP contribution is -2.16. The van der Waals surface area contributed by atoms with Crippen LogP contribution in [0.4, 0.5) is 11.5 Å². The molecule has 1 amide bonds. The van der Waals surface area contributed by atoms with Gasteiger partial charge in [-0.3, -0.25) is 9.52 Å². The number of benzene rings is 2. The first-order valence-corrected chi connectivity index (χ1v) is 10.9. The second-order valence-corrected chi connectivity index (χ2v) is 8.79. The normalized spacial score (nSPS) is 11.4. The maximum atomic E-state index is 12.5. The van der Waals surface area contributed by atoms with E-state index in [1.807, 2.05) is 25.1 Å². The monoisotopic (exact) mass is 457 g/mol. The largest absolute Gasteiger partial charge is 0.356 e. The Morgan fingerprint density at radius 3 is 2.55 bits per heavy atom. The van der Waals surface area contributed by atoms with Crippen LogP contribution in [-0.4, -0.2) is 29.7 Å². The molecule has 0 aliphatic heterocycles. The number of hydrogen-bond donors (Lipinski definition) is 2. The number of amides is 1. The Bertz CT molecular complexity index is 1350. The fraction of sp³-hybridized carbons (Fsp3) is 0.100. The Kier molecular flexibility index (Phi) is 5.57. The van der Waals surface area contributed by atoms with E-state index in [4.69, 9.17) is 16.1 Å². The van der Waals surface area contributed by atoms with Crippen molar-refractivity contribution in [2.75, 3.05) is 10.0 Å². The summed E-state index contributed by atoms with van der Waals surface area (Å²) in [7, 11) is -3.87. The van der Waals surface area contributed by atoms with Gasteiger partial charge in [-0.2, -0.15) is 0 Å². The van der Waals surface area contributed by atoms with Gasteiger partial charge in [0, 0.05) is 11.1 Å². The predicted octanol–water partition coefficient (Wildman–Crippen LogP) is 3.56. The molecular formula is C20H16ClN5O4S. The highest BCUT2D eigenvalue weighted by Crippen LogP contribution is 2.21. The molecule has 2 heterocycles. The lowest BCUT2D eigenvalue weighted by molar-refractivity contribution is -0.115. The molecule has 4 rings (SSSR count). The number of sulfonamides is 1. The number of hydrogen-bond acceptors (Lipinski definition) is 7. The summed E-state index contributed by atoms with van der Waals surface area (Å²) in [5, 5.41) is 14.9. The van der Waals surface area contributed by atoms with Crippen LogP contribution < -0.4 is 10.0 Å².